The molecule has 0 heterocycles. The van der Waals surface area contributed by atoms with E-state index in [4.69, 9.17) is 4.74 Å². The molecule has 3 rings (SSSR count). The number of nitrogens with one attached hydrogen (secondary N) is 1. The van der Waals surface area contributed by atoms with E-state index in [0.717, 1.165) is 22.4 Å². The van der Waals surface area contributed by atoms with Gasteiger partial charge >= 0.3 is 0 Å². The highest BCUT2D eigenvalue weighted by molar-refractivity contribution is 7.92. The third kappa shape index (κ3) is 5.68. The Morgan fingerprint density at radius 2 is 1.62 bits per heavy atom. The van der Waals surface area contributed by atoms with Gasteiger partial charge in [0.1, 0.15) is 5.75 Å². The van der Waals surface area contributed by atoms with Gasteiger partial charge in [-0.2, -0.15) is 0 Å². The van der Waals surface area contributed by atoms with Crippen LogP contribution in [-0.2, 0) is 16.6 Å². The van der Waals surface area contributed by atoms with Gasteiger partial charge in [-0.25, -0.2) is 8.42 Å². The molecule has 0 radical (unpaired) electrons. The quantitative estimate of drug-likeness (QED) is 0.548. The van der Waals surface area contributed by atoms with Crippen molar-refractivity contribution in [3.63, 3.8) is 0 Å². The maximum absolute atomic E-state index is 12.7. The van der Waals surface area contributed by atoms with E-state index < -0.39 is 10.0 Å². The molecule has 32 heavy (non-hydrogen) atoms. The number of hydrogen-bond donors (Lipinski definition) is 1. The van der Waals surface area contributed by atoms with E-state index in [2.05, 4.69) is 5.32 Å². The summed E-state index contributed by atoms with van der Waals surface area (Å²) in [5.74, 6) is 0.522. The number of carbonyl (C=O) groups excluding carboxylic acids is 1. The summed E-state index contributed by atoms with van der Waals surface area (Å²) in [5, 5.41) is 2.96. The summed E-state index contributed by atoms with van der Waals surface area (Å²) >= 11 is 0. The van der Waals surface area contributed by atoms with Gasteiger partial charge in [0.2, 0.25) is 10.0 Å². The molecule has 1 atom stereocenters. The van der Waals surface area contributed by atoms with Crippen molar-refractivity contribution in [1.82, 2.24) is 5.32 Å². The number of aryl methyl sites for hydroxylation is 1. The summed E-state index contributed by atoms with van der Waals surface area (Å²) in [6.45, 7) is 4.08. The Labute approximate surface area is 189 Å². The maximum atomic E-state index is 12.7. The summed E-state index contributed by atoms with van der Waals surface area (Å²) in [4.78, 5) is 12.7. The lowest BCUT2D eigenvalue weighted by molar-refractivity contribution is 0.0940. The molecule has 0 aliphatic rings. The number of methoxy groups -OCH3 is 1. The number of hydrogen-bond acceptors (Lipinski definition) is 4. The maximum Gasteiger partial charge on any atom is 0.251 e. The molecule has 3 aromatic carbocycles. The standard InChI is InChI=1S/C25H28N2O4S/c1-18-7-5-6-8-22(18)17-27(32(4,29)30)23-13-9-21(10-14-23)25(28)26-19(2)20-11-15-24(31-3)16-12-20/h5-16,19H,17H2,1-4H3,(H,26,28). The molecule has 6 nitrogen and oxygen atoms in total. The minimum atomic E-state index is -3.50. The Bertz CT molecular complexity index is 1170. The highest BCUT2D eigenvalue weighted by Crippen LogP contribution is 2.23. The van der Waals surface area contributed by atoms with Gasteiger partial charge in [0, 0.05) is 5.56 Å². The number of ether oxygens (including phenoxy) is 1. The summed E-state index contributed by atoms with van der Waals surface area (Å²) in [6, 6.07) is 21.6. The van der Waals surface area contributed by atoms with E-state index in [1.54, 1.807) is 31.4 Å². The van der Waals surface area contributed by atoms with Crippen LogP contribution in [0.3, 0.4) is 0 Å². The van der Waals surface area contributed by atoms with Crippen LogP contribution in [0.1, 0.15) is 40.0 Å². The fourth-order valence-electron chi connectivity index (χ4n) is 3.38. The van der Waals surface area contributed by atoms with Crippen molar-refractivity contribution in [2.45, 2.75) is 26.4 Å². The van der Waals surface area contributed by atoms with Crippen molar-refractivity contribution >= 4 is 21.6 Å². The fraction of sp³-hybridized carbons (Fsp3) is 0.240. The molecule has 0 aromatic heterocycles. The zero-order valence-corrected chi connectivity index (χ0v) is 19.5. The Morgan fingerprint density at radius 3 is 2.19 bits per heavy atom. The van der Waals surface area contributed by atoms with Crippen molar-refractivity contribution in [3.8, 4) is 5.75 Å². The normalized spacial score (nSPS) is 12.1. The second-order valence-electron chi connectivity index (χ2n) is 7.71. The molecule has 1 amide bonds. The molecule has 1 unspecified atom stereocenters. The van der Waals surface area contributed by atoms with Gasteiger partial charge in [-0.3, -0.25) is 9.10 Å². The first-order valence-corrected chi connectivity index (χ1v) is 12.1. The van der Waals surface area contributed by atoms with E-state index in [1.807, 2.05) is 62.4 Å². The summed E-state index contributed by atoms with van der Waals surface area (Å²) in [7, 11) is -1.90. The number of rotatable bonds is 8. The first-order valence-electron chi connectivity index (χ1n) is 10.3. The molecule has 7 heteroatoms. The molecule has 0 aliphatic carbocycles. The lowest BCUT2D eigenvalue weighted by Gasteiger charge is -2.23. The molecule has 0 fully saturated rings. The molecule has 3 aromatic rings. The number of carbonyl (C=O) groups is 1. The number of anilines is 1. The molecule has 0 saturated heterocycles. The smallest absolute Gasteiger partial charge is 0.251 e. The summed E-state index contributed by atoms with van der Waals surface area (Å²) < 4.78 is 31.4. The predicted octanol–water partition coefficient (Wildman–Crippen LogP) is 4.46. The zero-order chi connectivity index (χ0) is 23.3. The molecule has 168 valence electrons. The van der Waals surface area contributed by atoms with Crippen LogP contribution in [0.25, 0.3) is 0 Å². The Balaban J connectivity index is 1.75. The third-order valence-corrected chi connectivity index (χ3v) is 6.50. The monoisotopic (exact) mass is 452 g/mol. The molecule has 0 aliphatic heterocycles. The van der Waals surface area contributed by atoms with Gasteiger partial charge in [-0.05, 0) is 66.9 Å². The van der Waals surface area contributed by atoms with Gasteiger partial charge in [-0.15, -0.1) is 0 Å². The minimum Gasteiger partial charge on any atom is -0.497 e. The number of benzene rings is 3. The average Bonchev–Trinajstić information content (AvgIpc) is 2.78. The molecular formula is C25H28N2O4S. The van der Waals surface area contributed by atoms with Crippen LogP contribution in [0.2, 0.25) is 0 Å². The van der Waals surface area contributed by atoms with Crippen LogP contribution in [0.4, 0.5) is 5.69 Å². The van der Waals surface area contributed by atoms with Crippen LogP contribution in [-0.4, -0.2) is 27.7 Å². The van der Waals surface area contributed by atoms with E-state index in [0.29, 0.717) is 11.3 Å². The van der Waals surface area contributed by atoms with Crippen molar-refractivity contribution in [1.29, 1.82) is 0 Å². The largest absolute Gasteiger partial charge is 0.497 e. The van der Waals surface area contributed by atoms with E-state index >= 15 is 0 Å². The van der Waals surface area contributed by atoms with Crippen LogP contribution in [0, 0.1) is 6.92 Å². The Kier molecular flexibility index (Phi) is 7.20. The van der Waals surface area contributed by atoms with Crippen LogP contribution >= 0.6 is 0 Å². The highest BCUT2D eigenvalue weighted by atomic mass is 32.2. The first-order chi connectivity index (χ1) is 15.2. The molecule has 0 saturated carbocycles. The zero-order valence-electron chi connectivity index (χ0n) is 18.7. The lowest BCUT2D eigenvalue weighted by Crippen LogP contribution is -2.30. The summed E-state index contributed by atoms with van der Waals surface area (Å²) in [6.07, 6.45) is 1.18. The molecule has 0 spiro atoms. The predicted molar refractivity (Wildman–Crippen MR) is 128 cm³/mol. The van der Waals surface area contributed by atoms with Gasteiger partial charge < -0.3 is 10.1 Å². The van der Waals surface area contributed by atoms with Gasteiger partial charge in [0.05, 0.1) is 31.6 Å². The first kappa shape index (κ1) is 23.3. The van der Waals surface area contributed by atoms with Gasteiger partial charge in [0.25, 0.3) is 5.91 Å². The molecule has 1 N–H and O–H groups in total. The van der Waals surface area contributed by atoms with Crippen LogP contribution < -0.4 is 14.4 Å². The fourth-order valence-corrected chi connectivity index (χ4v) is 4.26. The van der Waals surface area contributed by atoms with E-state index in [1.165, 1.54) is 10.6 Å². The Hall–Kier alpha value is -3.32. The third-order valence-electron chi connectivity index (χ3n) is 5.36. The van der Waals surface area contributed by atoms with Crippen molar-refractivity contribution < 1.29 is 17.9 Å². The van der Waals surface area contributed by atoms with Crippen molar-refractivity contribution in [2.24, 2.45) is 0 Å². The lowest BCUT2D eigenvalue weighted by atomic mass is 10.1. The highest BCUT2D eigenvalue weighted by Gasteiger charge is 2.19. The second-order valence-corrected chi connectivity index (χ2v) is 9.62. The second kappa shape index (κ2) is 9.87. The number of sulfonamides is 1. The van der Waals surface area contributed by atoms with Crippen molar-refractivity contribution in [2.75, 3.05) is 17.7 Å². The van der Waals surface area contributed by atoms with E-state index in [-0.39, 0.29) is 18.5 Å². The van der Waals surface area contributed by atoms with Crippen molar-refractivity contribution in [3.05, 3.63) is 95.1 Å². The Morgan fingerprint density at radius 1 is 1.00 bits per heavy atom. The van der Waals surface area contributed by atoms with Crippen LogP contribution in [0.5, 0.6) is 5.75 Å². The molecular weight excluding hydrogens is 424 g/mol. The van der Waals surface area contributed by atoms with Gasteiger partial charge in [-0.1, -0.05) is 36.4 Å². The van der Waals surface area contributed by atoms with E-state index in [9.17, 15) is 13.2 Å². The SMILES string of the molecule is COc1ccc(C(C)NC(=O)c2ccc(N(Cc3ccccc3C)S(C)(=O)=O)cc2)cc1. The molecule has 0 bridgehead atoms. The topological polar surface area (TPSA) is 75.7 Å². The summed E-state index contributed by atoms with van der Waals surface area (Å²) in [5.41, 5.74) is 3.86. The van der Waals surface area contributed by atoms with Gasteiger partial charge in [0.15, 0.2) is 0 Å². The number of nitrogens with zero attached hydrogens (tertiary/aromatic N) is 1. The number of amides is 1. The minimum absolute atomic E-state index is 0.193. The van der Waals surface area contributed by atoms with Crippen LogP contribution in [0.15, 0.2) is 72.8 Å². The average molecular weight is 453 g/mol.